The minimum absolute atomic E-state index is 0.00716. The summed E-state index contributed by atoms with van der Waals surface area (Å²) in [5.41, 5.74) is -2.55. The molecular formula is C24H22ClNO8S. The molecule has 0 aliphatic carbocycles. The Morgan fingerprint density at radius 2 is 1.43 bits per heavy atom. The van der Waals surface area contributed by atoms with Crippen molar-refractivity contribution in [2.75, 3.05) is 32.7 Å². The summed E-state index contributed by atoms with van der Waals surface area (Å²) in [5, 5.41) is 12.1. The van der Waals surface area contributed by atoms with Gasteiger partial charge in [0.15, 0.2) is 0 Å². The lowest BCUT2D eigenvalue weighted by Gasteiger charge is -2.26. The fraction of sp³-hybridized carbons (Fsp3) is 0.208. The summed E-state index contributed by atoms with van der Waals surface area (Å²) in [6, 6.07) is 12.7. The molecule has 0 saturated carbocycles. The number of fused-ring (bicyclic) bond motifs is 1. The van der Waals surface area contributed by atoms with Gasteiger partial charge in [-0.15, -0.1) is 0 Å². The number of methoxy groups -OCH3 is 4. The summed E-state index contributed by atoms with van der Waals surface area (Å²) in [6.45, 7) is 0. The van der Waals surface area contributed by atoms with E-state index in [0.29, 0.717) is 15.8 Å². The molecule has 1 amide bonds. The van der Waals surface area contributed by atoms with E-state index < -0.39 is 21.5 Å². The number of aliphatic hydroxyl groups is 1. The Kier molecular flexibility index (Phi) is 6.31. The van der Waals surface area contributed by atoms with Gasteiger partial charge in [-0.3, -0.25) is 4.79 Å². The van der Waals surface area contributed by atoms with Crippen LogP contribution in [0.1, 0.15) is 11.1 Å². The Morgan fingerprint density at radius 3 is 2.06 bits per heavy atom. The zero-order chi connectivity index (χ0) is 25.5. The first-order chi connectivity index (χ1) is 16.6. The molecule has 0 radical (unpaired) electrons. The number of halogens is 1. The molecule has 1 aliphatic heterocycles. The van der Waals surface area contributed by atoms with Gasteiger partial charge in [-0.05, 0) is 48.5 Å². The van der Waals surface area contributed by atoms with Crippen molar-refractivity contribution in [1.82, 2.24) is 0 Å². The highest BCUT2D eigenvalue weighted by molar-refractivity contribution is 7.93. The molecular weight excluding hydrogens is 498 g/mol. The van der Waals surface area contributed by atoms with Gasteiger partial charge in [0, 0.05) is 22.2 Å². The molecule has 9 nitrogen and oxygen atoms in total. The predicted molar refractivity (Wildman–Crippen MR) is 128 cm³/mol. The Hall–Kier alpha value is -3.47. The van der Waals surface area contributed by atoms with Crippen LogP contribution in [0.5, 0.6) is 23.0 Å². The first-order valence-corrected chi connectivity index (χ1v) is 12.0. The monoisotopic (exact) mass is 519 g/mol. The number of sulfonamides is 1. The third kappa shape index (κ3) is 3.74. The highest BCUT2D eigenvalue weighted by Crippen LogP contribution is 2.50. The molecule has 3 aromatic rings. The van der Waals surface area contributed by atoms with Crippen LogP contribution in [0.15, 0.2) is 59.5 Å². The highest BCUT2D eigenvalue weighted by atomic mass is 35.5. The molecule has 3 aromatic carbocycles. The standard InChI is InChI=1S/C24H22ClNO8S/c1-31-15-6-9-20(33-3)18(12-15)24(28)17-11-14(25)5-8-19(17)26(23(24)27)35(29,30)22-10-7-16(32-2)13-21(22)34-4/h5-13,28H,1-4H3. The van der Waals surface area contributed by atoms with Crippen molar-refractivity contribution in [2.45, 2.75) is 10.5 Å². The van der Waals surface area contributed by atoms with Gasteiger partial charge >= 0.3 is 0 Å². The van der Waals surface area contributed by atoms with Gasteiger partial charge in [0.2, 0.25) is 5.60 Å². The number of nitrogens with zero attached hydrogens (tertiary/aromatic N) is 1. The van der Waals surface area contributed by atoms with Crippen LogP contribution in [0.4, 0.5) is 5.69 Å². The van der Waals surface area contributed by atoms with E-state index in [4.69, 9.17) is 30.5 Å². The molecule has 35 heavy (non-hydrogen) atoms. The fourth-order valence-corrected chi connectivity index (χ4v) is 5.80. The molecule has 0 aromatic heterocycles. The maximum Gasteiger partial charge on any atom is 0.282 e. The van der Waals surface area contributed by atoms with E-state index in [9.17, 15) is 18.3 Å². The first-order valence-electron chi connectivity index (χ1n) is 10.2. The maximum atomic E-state index is 13.9. The predicted octanol–water partition coefficient (Wildman–Crippen LogP) is 3.35. The van der Waals surface area contributed by atoms with Gasteiger partial charge in [-0.2, -0.15) is 4.31 Å². The summed E-state index contributed by atoms with van der Waals surface area (Å²) < 4.78 is 49.3. The van der Waals surface area contributed by atoms with E-state index in [2.05, 4.69) is 0 Å². The quantitative estimate of drug-likeness (QED) is 0.506. The minimum atomic E-state index is -4.57. The van der Waals surface area contributed by atoms with E-state index in [1.54, 1.807) is 6.07 Å². The lowest BCUT2D eigenvalue weighted by atomic mass is 9.86. The lowest BCUT2D eigenvalue weighted by Crippen LogP contribution is -2.44. The van der Waals surface area contributed by atoms with Crippen LogP contribution in [0.3, 0.4) is 0 Å². The average molecular weight is 520 g/mol. The zero-order valence-electron chi connectivity index (χ0n) is 19.2. The van der Waals surface area contributed by atoms with Gasteiger partial charge in [0.1, 0.15) is 27.9 Å². The molecule has 1 heterocycles. The molecule has 0 spiro atoms. The summed E-state index contributed by atoms with van der Waals surface area (Å²) in [4.78, 5) is 13.6. The topological polar surface area (TPSA) is 112 Å². The molecule has 0 fully saturated rings. The first kappa shape index (κ1) is 24.6. The maximum absolute atomic E-state index is 13.9. The van der Waals surface area contributed by atoms with Crippen molar-refractivity contribution in [2.24, 2.45) is 0 Å². The van der Waals surface area contributed by atoms with E-state index >= 15 is 0 Å². The van der Waals surface area contributed by atoms with Gasteiger partial charge < -0.3 is 24.1 Å². The third-order valence-electron chi connectivity index (χ3n) is 5.75. The van der Waals surface area contributed by atoms with Gasteiger partial charge in [-0.25, -0.2) is 8.42 Å². The Balaban J connectivity index is 1.99. The number of hydrogen-bond donors (Lipinski definition) is 1. The number of carbonyl (C=O) groups excluding carboxylic acids is 1. The summed E-state index contributed by atoms with van der Waals surface area (Å²) in [5.74, 6) is -0.350. The smallest absolute Gasteiger partial charge is 0.282 e. The summed E-state index contributed by atoms with van der Waals surface area (Å²) >= 11 is 6.20. The molecule has 1 aliphatic rings. The van der Waals surface area contributed by atoms with Crippen LogP contribution in [0.25, 0.3) is 0 Å². The largest absolute Gasteiger partial charge is 0.497 e. The molecule has 184 valence electrons. The molecule has 4 rings (SSSR count). The molecule has 11 heteroatoms. The normalized spacial score (nSPS) is 17.2. The van der Waals surface area contributed by atoms with E-state index in [-0.39, 0.29) is 38.2 Å². The molecule has 1 unspecified atom stereocenters. The van der Waals surface area contributed by atoms with Crippen LogP contribution in [-0.4, -0.2) is 47.9 Å². The third-order valence-corrected chi connectivity index (χ3v) is 7.72. The van der Waals surface area contributed by atoms with Crippen molar-refractivity contribution in [3.05, 3.63) is 70.7 Å². The molecule has 1 N–H and O–H groups in total. The number of rotatable bonds is 7. The second-order valence-corrected chi connectivity index (χ2v) is 9.72. The van der Waals surface area contributed by atoms with Crippen LogP contribution in [0.2, 0.25) is 5.02 Å². The van der Waals surface area contributed by atoms with Crippen LogP contribution in [-0.2, 0) is 20.4 Å². The second kappa shape index (κ2) is 8.95. The van der Waals surface area contributed by atoms with Crippen molar-refractivity contribution in [3.63, 3.8) is 0 Å². The van der Waals surface area contributed by atoms with Crippen molar-refractivity contribution in [1.29, 1.82) is 0 Å². The number of amides is 1. The van der Waals surface area contributed by atoms with Gasteiger partial charge in [0.25, 0.3) is 15.9 Å². The number of ether oxygens (including phenoxy) is 4. The summed E-state index contributed by atoms with van der Waals surface area (Å²) in [6.07, 6.45) is 0. The Morgan fingerprint density at radius 1 is 0.800 bits per heavy atom. The second-order valence-electron chi connectivity index (χ2n) is 7.53. The van der Waals surface area contributed by atoms with Gasteiger partial charge in [0.05, 0.1) is 34.1 Å². The van der Waals surface area contributed by atoms with Crippen molar-refractivity contribution in [3.8, 4) is 23.0 Å². The van der Waals surface area contributed by atoms with Crippen LogP contribution in [0, 0.1) is 0 Å². The van der Waals surface area contributed by atoms with Crippen molar-refractivity contribution >= 4 is 33.2 Å². The number of benzene rings is 3. The molecule has 0 saturated heterocycles. The van der Waals surface area contributed by atoms with E-state index in [0.717, 1.165) is 0 Å². The number of anilines is 1. The van der Waals surface area contributed by atoms with Crippen molar-refractivity contribution < 1.29 is 37.3 Å². The Bertz CT molecular complexity index is 1430. The Labute approximate surface area is 207 Å². The molecule has 0 bridgehead atoms. The van der Waals surface area contributed by atoms with E-state index in [1.807, 2.05) is 0 Å². The van der Waals surface area contributed by atoms with Crippen LogP contribution >= 0.6 is 11.6 Å². The SMILES string of the molecule is COc1ccc(S(=O)(=O)N2C(=O)C(O)(c3cc(OC)ccc3OC)c3cc(Cl)ccc32)c(OC)c1. The minimum Gasteiger partial charge on any atom is -0.497 e. The van der Waals surface area contributed by atoms with E-state index in [1.165, 1.54) is 77.0 Å². The zero-order valence-corrected chi connectivity index (χ0v) is 20.8. The fourth-order valence-electron chi connectivity index (χ4n) is 4.03. The highest BCUT2D eigenvalue weighted by Gasteiger charge is 2.57. The summed E-state index contributed by atoms with van der Waals surface area (Å²) in [7, 11) is 0.939. The number of hydrogen-bond acceptors (Lipinski definition) is 8. The lowest BCUT2D eigenvalue weighted by molar-refractivity contribution is -0.131. The van der Waals surface area contributed by atoms with Gasteiger partial charge in [-0.1, -0.05) is 11.6 Å². The average Bonchev–Trinajstić information content (AvgIpc) is 3.10. The number of carbonyl (C=O) groups is 1. The molecule has 1 atom stereocenters. The van der Waals surface area contributed by atoms with Crippen LogP contribution < -0.4 is 23.3 Å².